The van der Waals surface area contributed by atoms with Gasteiger partial charge in [-0.3, -0.25) is 14.9 Å². The van der Waals surface area contributed by atoms with Crippen molar-refractivity contribution in [3.63, 3.8) is 0 Å². The van der Waals surface area contributed by atoms with E-state index in [4.69, 9.17) is 4.74 Å². The number of hydrogen-bond donors (Lipinski definition) is 2. The second kappa shape index (κ2) is 8.53. The number of H-pyrrole nitrogens is 1. The number of anilines is 1. The highest BCUT2D eigenvalue weighted by molar-refractivity contribution is 7.99. The second-order valence-corrected chi connectivity index (χ2v) is 6.60. The number of nitro benzene ring substituents is 1. The zero-order valence-corrected chi connectivity index (χ0v) is 15.6. The summed E-state index contributed by atoms with van der Waals surface area (Å²) in [6, 6.07) is 10.7. The third kappa shape index (κ3) is 4.65. The summed E-state index contributed by atoms with van der Waals surface area (Å²) >= 11 is 1.18. The van der Waals surface area contributed by atoms with Gasteiger partial charge in [0.05, 0.1) is 33.9 Å². The predicted molar refractivity (Wildman–Crippen MR) is 105 cm³/mol. The lowest BCUT2D eigenvalue weighted by Crippen LogP contribution is -2.14. The molecule has 1 heterocycles. The zero-order chi connectivity index (χ0) is 20.1. The Morgan fingerprint density at radius 2 is 2.00 bits per heavy atom. The van der Waals surface area contributed by atoms with Gasteiger partial charge in [-0.05, 0) is 37.3 Å². The second-order valence-electron chi connectivity index (χ2n) is 5.64. The molecule has 0 bridgehead atoms. The molecule has 9 nitrogen and oxygen atoms in total. The average Bonchev–Trinajstić information content (AvgIpc) is 3.09. The monoisotopic (exact) mass is 400 g/mol. The van der Waals surface area contributed by atoms with Crippen LogP contribution in [0.4, 0.5) is 11.4 Å². The van der Waals surface area contributed by atoms with Crippen LogP contribution in [0.2, 0.25) is 0 Å². The number of amides is 1. The molecule has 0 aliphatic rings. The Balaban J connectivity index is 1.57. The molecule has 1 aromatic heterocycles. The van der Waals surface area contributed by atoms with Gasteiger partial charge in [-0.15, -0.1) is 0 Å². The van der Waals surface area contributed by atoms with E-state index in [1.165, 1.54) is 23.9 Å². The highest BCUT2D eigenvalue weighted by Crippen LogP contribution is 2.23. The van der Waals surface area contributed by atoms with Gasteiger partial charge in [-0.1, -0.05) is 11.8 Å². The number of carbonyl (C=O) groups is 2. The number of non-ortho nitro benzene ring substituents is 1. The maximum atomic E-state index is 12.1. The number of hydrogen-bond acceptors (Lipinski definition) is 7. The van der Waals surface area contributed by atoms with Gasteiger partial charge in [0.1, 0.15) is 0 Å². The summed E-state index contributed by atoms with van der Waals surface area (Å²) in [6.45, 7) is 2.02. The maximum absolute atomic E-state index is 12.1. The number of carbonyl (C=O) groups excluding carboxylic acids is 2. The summed E-state index contributed by atoms with van der Waals surface area (Å²) < 4.78 is 4.90. The van der Waals surface area contributed by atoms with Crippen molar-refractivity contribution in [3.8, 4) is 0 Å². The molecule has 28 heavy (non-hydrogen) atoms. The number of imidazole rings is 1. The van der Waals surface area contributed by atoms with Crippen molar-refractivity contribution < 1.29 is 19.2 Å². The molecule has 0 saturated heterocycles. The fraction of sp³-hybridized carbons (Fsp3) is 0.167. The Kier molecular flexibility index (Phi) is 5.90. The van der Waals surface area contributed by atoms with Gasteiger partial charge in [-0.2, -0.15) is 0 Å². The van der Waals surface area contributed by atoms with Crippen LogP contribution in [0.15, 0.2) is 47.6 Å². The Morgan fingerprint density at radius 3 is 2.68 bits per heavy atom. The number of aromatic nitrogens is 2. The minimum atomic E-state index is -0.478. The molecule has 0 radical (unpaired) electrons. The van der Waals surface area contributed by atoms with Crippen molar-refractivity contribution in [2.24, 2.45) is 0 Å². The molecule has 1 amide bonds. The van der Waals surface area contributed by atoms with Crippen LogP contribution in [0.25, 0.3) is 11.0 Å². The standard InChI is InChI=1S/C18H16N4O5S/c1-2-27-17(24)11-3-5-12(6-4-11)19-16(23)10-28-18-20-14-8-7-13(22(25)26)9-15(14)21-18/h3-9H,2,10H2,1H3,(H,19,23)(H,20,21). The molecule has 3 rings (SSSR count). The number of ether oxygens (including phenoxy) is 1. The molecule has 0 aliphatic heterocycles. The molecule has 0 fully saturated rings. The largest absolute Gasteiger partial charge is 0.462 e. The Morgan fingerprint density at radius 1 is 1.25 bits per heavy atom. The first-order valence-electron chi connectivity index (χ1n) is 8.30. The molecule has 10 heteroatoms. The summed E-state index contributed by atoms with van der Waals surface area (Å²) in [5, 5.41) is 14.0. The van der Waals surface area contributed by atoms with Crippen molar-refractivity contribution in [1.29, 1.82) is 0 Å². The molecule has 0 saturated carbocycles. The van der Waals surface area contributed by atoms with Gasteiger partial charge in [-0.25, -0.2) is 9.78 Å². The fourth-order valence-corrected chi connectivity index (χ4v) is 3.08. The van der Waals surface area contributed by atoms with Gasteiger partial charge in [0.2, 0.25) is 5.91 Å². The quantitative estimate of drug-likeness (QED) is 0.269. The van der Waals surface area contributed by atoms with Gasteiger partial charge >= 0.3 is 5.97 Å². The number of fused-ring (bicyclic) bond motifs is 1. The smallest absolute Gasteiger partial charge is 0.338 e. The van der Waals surface area contributed by atoms with E-state index in [2.05, 4.69) is 15.3 Å². The van der Waals surface area contributed by atoms with E-state index in [0.717, 1.165) is 0 Å². The number of nitro groups is 1. The molecule has 0 unspecified atom stereocenters. The zero-order valence-electron chi connectivity index (χ0n) is 14.8. The van der Waals surface area contributed by atoms with Gasteiger partial charge in [0.15, 0.2) is 5.16 Å². The lowest BCUT2D eigenvalue weighted by Gasteiger charge is -2.06. The van der Waals surface area contributed by atoms with Gasteiger partial charge < -0.3 is 15.0 Å². The van der Waals surface area contributed by atoms with Gasteiger partial charge in [0, 0.05) is 17.8 Å². The van der Waals surface area contributed by atoms with Crippen molar-refractivity contribution >= 4 is 46.0 Å². The minimum Gasteiger partial charge on any atom is -0.462 e. The molecule has 2 N–H and O–H groups in total. The molecule has 3 aromatic rings. The third-order valence-corrected chi connectivity index (χ3v) is 4.55. The van der Waals surface area contributed by atoms with E-state index < -0.39 is 10.9 Å². The molecule has 144 valence electrons. The molecule has 0 aliphatic carbocycles. The van der Waals surface area contributed by atoms with E-state index in [1.807, 2.05) is 0 Å². The lowest BCUT2D eigenvalue weighted by molar-refractivity contribution is -0.384. The first-order chi connectivity index (χ1) is 13.5. The van der Waals surface area contributed by atoms with Crippen molar-refractivity contribution in [1.82, 2.24) is 9.97 Å². The number of thioether (sulfide) groups is 1. The van der Waals surface area contributed by atoms with E-state index in [1.54, 1.807) is 37.3 Å². The normalized spacial score (nSPS) is 10.6. The molecule has 0 spiro atoms. The Bertz CT molecular complexity index is 1030. The fourth-order valence-electron chi connectivity index (χ4n) is 2.39. The highest BCUT2D eigenvalue weighted by atomic mass is 32.2. The molecular weight excluding hydrogens is 384 g/mol. The van der Waals surface area contributed by atoms with Crippen molar-refractivity contribution in [2.45, 2.75) is 12.1 Å². The van der Waals surface area contributed by atoms with Crippen LogP contribution >= 0.6 is 11.8 Å². The summed E-state index contributed by atoms with van der Waals surface area (Å²) in [5.74, 6) is -0.567. The van der Waals surface area contributed by atoms with E-state index in [-0.39, 0.29) is 17.3 Å². The highest BCUT2D eigenvalue weighted by Gasteiger charge is 2.12. The minimum absolute atomic E-state index is 0.0308. The molecular formula is C18H16N4O5S. The number of nitrogens with one attached hydrogen (secondary N) is 2. The third-order valence-electron chi connectivity index (χ3n) is 3.67. The summed E-state index contributed by atoms with van der Waals surface area (Å²) in [4.78, 5) is 41.3. The number of aromatic amines is 1. The Hall–Kier alpha value is -3.40. The average molecular weight is 400 g/mol. The SMILES string of the molecule is CCOC(=O)c1ccc(NC(=O)CSc2nc3ccc([N+](=O)[O-])cc3[nH]2)cc1. The Labute approximate surface area is 163 Å². The van der Waals surface area contributed by atoms with Crippen LogP contribution in [0.3, 0.4) is 0 Å². The van der Waals surface area contributed by atoms with Crippen LogP contribution in [0.5, 0.6) is 0 Å². The van der Waals surface area contributed by atoms with Crippen molar-refractivity contribution in [2.75, 3.05) is 17.7 Å². The van der Waals surface area contributed by atoms with E-state index in [0.29, 0.717) is 34.0 Å². The van der Waals surface area contributed by atoms with Crippen LogP contribution in [-0.4, -0.2) is 39.1 Å². The first-order valence-corrected chi connectivity index (χ1v) is 9.29. The summed E-state index contributed by atoms with van der Waals surface area (Å²) in [7, 11) is 0. The lowest BCUT2D eigenvalue weighted by atomic mass is 10.2. The predicted octanol–water partition coefficient (Wildman–Crippen LogP) is 3.38. The van der Waals surface area contributed by atoms with Crippen molar-refractivity contribution in [3.05, 3.63) is 58.1 Å². The number of rotatable bonds is 7. The molecule has 0 atom stereocenters. The van der Waals surface area contributed by atoms with Crippen LogP contribution in [-0.2, 0) is 9.53 Å². The number of esters is 1. The summed E-state index contributed by atoms with van der Waals surface area (Å²) in [5.41, 5.74) is 2.05. The van der Waals surface area contributed by atoms with E-state index >= 15 is 0 Å². The number of nitrogens with zero attached hydrogens (tertiary/aromatic N) is 2. The summed E-state index contributed by atoms with van der Waals surface area (Å²) in [6.07, 6.45) is 0. The van der Waals surface area contributed by atoms with Crippen LogP contribution in [0.1, 0.15) is 17.3 Å². The van der Waals surface area contributed by atoms with Crippen LogP contribution < -0.4 is 5.32 Å². The van der Waals surface area contributed by atoms with E-state index in [9.17, 15) is 19.7 Å². The van der Waals surface area contributed by atoms with Crippen LogP contribution in [0, 0.1) is 10.1 Å². The molecule has 2 aromatic carbocycles. The van der Waals surface area contributed by atoms with Gasteiger partial charge in [0.25, 0.3) is 5.69 Å². The first kappa shape index (κ1) is 19.4. The topological polar surface area (TPSA) is 127 Å². The maximum Gasteiger partial charge on any atom is 0.338 e. The number of benzene rings is 2.